The first kappa shape index (κ1) is 16.4. The van der Waals surface area contributed by atoms with Gasteiger partial charge in [-0.2, -0.15) is 5.26 Å². The molecule has 2 N–H and O–H groups in total. The monoisotopic (exact) mass is 356 g/mol. The van der Waals surface area contributed by atoms with E-state index in [4.69, 9.17) is 16.9 Å². The van der Waals surface area contributed by atoms with E-state index in [1.807, 2.05) is 12.1 Å². The quantitative estimate of drug-likeness (QED) is 0.671. The van der Waals surface area contributed by atoms with Crippen molar-refractivity contribution in [2.45, 2.75) is 11.6 Å². The molecule has 0 aliphatic rings. The van der Waals surface area contributed by atoms with Crippen LogP contribution in [-0.2, 0) is 4.79 Å². The lowest BCUT2D eigenvalue weighted by Gasteiger charge is -2.06. The van der Waals surface area contributed by atoms with E-state index in [-0.39, 0.29) is 5.91 Å². The number of anilines is 1. The molecule has 3 aromatic rings. The van der Waals surface area contributed by atoms with Crippen LogP contribution in [0, 0.1) is 11.3 Å². The van der Waals surface area contributed by atoms with Crippen molar-refractivity contribution < 1.29 is 4.79 Å². The minimum Gasteiger partial charge on any atom is -0.333 e. The van der Waals surface area contributed by atoms with Gasteiger partial charge >= 0.3 is 0 Å². The summed E-state index contributed by atoms with van der Waals surface area (Å²) in [4.78, 5) is 19.6. The van der Waals surface area contributed by atoms with E-state index in [2.05, 4.69) is 21.4 Å². The SMILES string of the molecule is N#Cc1ccccc1NC(=O)CCSc1nc2ccc(Cl)cc2[nH]1. The van der Waals surface area contributed by atoms with Crippen LogP contribution in [-0.4, -0.2) is 21.6 Å². The highest BCUT2D eigenvalue weighted by molar-refractivity contribution is 7.99. The zero-order valence-electron chi connectivity index (χ0n) is 12.5. The molecule has 0 aliphatic heterocycles. The van der Waals surface area contributed by atoms with Gasteiger partial charge in [0, 0.05) is 17.2 Å². The largest absolute Gasteiger partial charge is 0.333 e. The summed E-state index contributed by atoms with van der Waals surface area (Å²) in [6, 6.07) is 14.4. The van der Waals surface area contributed by atoms with Crippen LogP contribution in [0.5, 0.6) is 0 Å². The third-order valence-electron chi connectivity index (χ3n) is 3.31. The standard InChI is InChI=1S/C17H13ClN4OS/c18-12-5-6-14-15(9-12)22-17(21-14)24-8-7-16(23)20-13-4-2-1-3-11(13)10-19/h1-6,9H,7-8H2,(H,20,23)(H,21,22). The number of hydrogen-bond donors (Lipinski definition) is 2. The van der Waals surface area contributed by atoms with Crippen molar-refractivity contribution in [1.29, 1.82) is 5.26 Å². The number of aromatic amines is 1. The van der Waals surface area contributed by atoms with Crippen molar-refractivity contribution in [3.8, 4) is 6.07 Å². The number of nitrogens with one attached hydrogen (secondary N) is 2. The number of halogens is 1. The average molecular weight is 357 g/mol. The molecule has 0 atom stereocenters. The van der Waals surface area contributed by atoms with Crippen LogP contribution in [0.4, 0.5) is 5.69 Å². The Morgan fingerprint density at radius 3 is 3.00 bits per heavy atom. The van der Waals surface area contributed by atoms with Gasteiger partial charge in [0.1, 0.15) is 6.07 Å². The molecule has 5 nitrogen and oxygen atoms in total. The number of rotatable bonds is 5. The summed E-state index contributed by atoms with van der Waals surface area (Å²) >= 11 is 7.41. The van der Waals surface area contributed by atoms with Crippen molar-refractivity contribution in [2.75, 3.05) is 11.1 Å². The molecule has 0 aliphatic carbocycles. The minimum atomic E-state index is -0.135. The molecule has 0 bridgehead atoms. The maximum absolute atomic E-state index is 12.0. The van der Waals surface area contributed by atoms with Gasteiger partial charge in [0.05, 0.1) is 22.3 Å². The van der Waals surface area contributed by atoms with Gasteiger partial charge in [-0.1, -0.05) is 35.5 Å². The van der Waals surface area contributed by atoms with Crippen LogP contribution < -0.4 is 5.32 Å². The van der Waals surface area contributed by atoms with E-state index < -0.39 is 0 Å². The lowest BCUT2D eigenvalue weighted by Crippen LogP contribution is -2.13. The third kappa shape index (κ3) is 3.88. The lowest BCUT2D eigenvalue weighted by atomic mass is 10.2. The Morgan fingerprint density at radius 1 is 1.33 bits per heavy atom. The maximum Gasteiger partial charge on any atom is 0.225 e. The molecular weight excluding hydrogens is 344 g/mol. The van der Waals surface area contributed by atoms with E-state index in [1.54, 1.807) is 30.3 Å². The predicted molar refractivity (Wildman–Crippen MR) is 96.2 cm³/mol. The first-order valence-corrected chi connectivity index (χ1v) is 8.59. The van der Waals surface area contributed by atoms with Gasteiger partial charge in [-0.25, -0.2) is 4.98 Å². The van der Waals surface area contributed by atoms with Crippen molar-refractivity contribution >= 4 is 46.0 Å². The Hall–Kier alpha value is -2.49. The van der Waals surface area contributed by atoms with E-state index >= 15 is 0 Å². The van der Waals surface area contributed by atoms with Gasteiger partial charge < -0.3 is 10.3 Å². The molecule has 120 valence electrons. The minimum absolute atomic E-state index is 0.135. The first-order valence-electron chi connectivity index (χ1n) is 7.23. The second-order valence-electron chi connectivity index (χ2n) is 5.01. The Balaban J connectivity index is 1.55. The number of benzene rings is 2. The van der Waals surface area contributed by atoms with E-state index in [1.165, 1.54) is 11.8 Å². The van der Waals surface area contributed by atoms with Crippen molar-refractivity contribution in [3.63, 3.8) is 0 Å². The number of amides is 1. The Labute approximate surface area is 148 Å². The van der Waals surface area contributed by atoms with Crippen molar-refractivity contribution in [1.82, 2.24) is 9.97 Å². The Bertz CT molecular complexity index is 932. The zero-order chi connectivity index (χ0) is 16.9. The van der Waals surface area contributed by atoms with Gasteiger partial charge in [-0.05, 0) is 30.3 Å². The molecule has 0 saturated heterocycles. The normalized spacial score (nSPS) is 10.5. The van der Waals surface area contributed by atoms with Gasteiger partial charge in [0.25, 0.3) is 0 Å². The molecule has 0 fully saturated rings. The summed E-state index contributed by atoms with van der Waals surface area (Å²) in [7, 11) is 0. The highest BCUT2D eigenvalue weighted by Gasteiger charge is 2.08. The Morgan fingerprint density at radius 2 is 2.17 bits per heavy atom. The number of nitriles is 1. The van der Waals surface area contributed by atoms with Crippen molar-refractivity contribution in [2.24, 2.45) is 0 Å². The maximum atomic E-state index is 12.0. The molecule has 2 aromatic carbocycles. The molecule has 0 radical (unpaired) electrons. The number of hydrogen-bond acceptors (Lipinski definition) is 4. The van der Waals surface area contributed by atoms with Gasteiger partial charge in [-0.15, -0.1) is 0 Å². The summed E-state index contributed by atoms with van der Waals surface area (Å²) in [5.41, 5.74) is 2.70. The lowest BCUT2D eigenvalue weighted by molar-refractivity contribution is -0.115. The molecule has 0 unspecified atom stereocenters. The zero-order valence-corrected chi connectivity index (χ0v) is 14.1. The first-order chi connectivity index (χ1) is 11.7. The number of thioether (sulfide) groups is 1. The van der Waals surface area contributed by atoms with Gasteiger partial charge in [-0.3, -0.25) is 4.79 Å². The predicted octanol–water partition coefficient (Wildman–Crippen LogP) is 4.21. The van der Waals surface area contributed by atoms with E-state index in [0.717, 1.165) is 16.2 Å². The molecule has 1 heterocycles. The van der Waals surface area contributed by atoms with Gasteiger partial charge in [0.2, 0.25) is 5.91 Å². The molecule has 3 rings (SSSR count). The van der Waals surface area contributed by atoms with Crippen LogP contribution in [0.1, 0.15) is 12.0 Å². The molecule has 1 amide bonds. The van der Waals surface area contributed by atoms with Crippen LogP contribution >= 0.6 is 23.4 Å². The molecular formula is C17H13ClN4OS. The summed E-state index contributed by atoms with van der Waals surface area (Å²) in [5.74, 6) is 0.443. The van der Waals surface area contributed by atoms with Crippen LogP contribution in [0.2, 0.25) is 5.02 Å². The van der Waals surface area contributed by atoms with Crippen LogP contribution in [0.3, 0.4) is 0 Å². The van der Waals surface area contributed by atoms with Crippen molar-refractivity contribution in [3.05, 3.63) is 53.1 Å². The Kier molecular flexibility index (Phi) is 5.04. The number of carbonyl (C=O) groups is 1. The molecule has 0 saturated carbocycles. The third-order valence-corrected chi connectivity index (χ3v) is 4.42. The van der Waals surface area contributed by atoms with Crippen LogP contribution in [0.15, 0.2) is 47.6 Å². The second kappa shape index (κ2) is 7.39. The molecule has 7 heteroatoms. The number of H-pyrrole nitrogens is 1. The number of nitrogens with zero attached hydrogens (tertiary/aromatic N) is 2. The van der Waals surface area contributed by atoms with Crippen LogP contribution in [0.25, 0.3) is 11.0 Å². The molecule has 1 aromatic heterocycles. The highest BCUT2D eigenvalue weighted by Crippen LogP contribution is 2.23. The number of para-hydroxylation sites is 1. The fourth-order valence-electron chi connectivity index (χ4n) is 2.17. The second-order valence-corrected chi connectivity index (χ2v) is 6.53. The van der Waals surface area contributed by atoms with E-state index in [0.29, 0.717) is 28.4 Å². The average Bonchev–Trinajstić information content (AvgIpc) is 2.97. The smallest absolute Gasteiger partial charge is 0.225 e. The number of aromatic nitrogens is 2. The molecule has 24 heavy (non-hydrogen) atoms. The summed E-state index contributed by atoms with van der Waals surface area (Å²) < 4.78 is 0. The van der Waals surface area contributed by atoms with Gasteiger partial charge in [0.15, 0.2) is 5.16 Å². The summed E-state index contributed by atoms with van der Waals surface area (Å²) in [5, 5.41) is 13.2. The number of imidazole rings is 1. The van der Waals surface area contributed by atoms with E-state index in [9.17, 15) is 4.79 Å². The summed E-state index contributed by atoms with van der Waals surface area (Å²) in [6.45, 7) is 0. The summed E-state index contributed by atoms with van der Waals surface area (Å²) in [6.07, 6.45) is 0.322. The topological polar surface area (TPSA) is 81.6 Å². The fourth-order valence-corrected chi connectivity index (χ4v) is 3.17. The highest BCUT2D eigenvalue weighted by atomic mass is 35.5. The number of carbonyl (C=O) groups excluding carboxylic acids is 1. The molecule has 0 spiro atoms. The number of fused-ring (bicyclic) bond motifs is 1. The fraction of sp³-hybridized carbons (Fsp3) is 0.118.